The van der Waals surface area contributed by atoms with Crippen molar-refractivity contribution in [2.45, 2.75) is 0 Å². The summed E-state index contributed by atoms with van der Waals surface area (Å²) in [4.78, 5) is 14.5. The van der Waals surface area contributed by atoms with Crippen molar-refractivity contribution in [1.82, 2.24) is 0 Å². The molecule has 0 atom stereocenters. The number of hydrogen-bond donors (Lipinski definition) is 0. The smallest absolute Gasteiger partial charge is 0.313 e. The van der Waals surface area contributed by atoms with E-state index in [4.69, 9.17) is 9.47 Å². The second kappa shape index (κ2) is 9.16. The van der Waals surface area contributed by atoms with E-state index in [-0.39, 0.29) is 5.52 Å². The standard InChI is InChI=1S/C27H24O3P/c1-29-25-19-18-21(20-26(25)30-2)27(28)31(22-12-6-3-7-13-22,23-14-8-4-9-15-23)24-16-10-5-11-17-24/h3-20H,1-2H3/q+1. The van der Waals surface area contributed by atoms with E-state index in [2.05, 4.69) is 36.4 Å². The Labute approximate surface area is 183 Å². The van der Waals surface area contributed by atoms with Gasteiger partial charge in [0.1, 0.15) is 15.9 Å². The molecular formula is C27H24O3P+. The molecule has 31 heavy (non-hydrogen) atoms. The third kappa shape index (κ3) is 3.73. The number of ether oxygens (including phenoxy) is 2. The zero-order valence-corrected chi connectivity index (χ0v) is 18.5. The normalized spacial score (nSPS) is 11.0. The number of rotatable bonds is 7. The van der Waals surface area contributed by atoms with Crippen LogP contribution in [0.2, 0.25) is 0 Å². The highest BCUT2D eigenvalue weighted by molar-refractivity contribution is 8.08. The molecule has 0 unspecified atom stereocenters. The van der Waals surface area contributed by atoms with Crippen molar-refractivity contribution in [3.8, 4) is 11.5 Å². The summed E-state index contributed by atoms with van der Waals surface area (Å²) in [7, 11) is 0.520. The molecule has 0 fully saturated rings. The molecule has 0 radical (unpaired) electrons. The van der Waals surface area contributed by atoms with E-state index in [9.17, 15) is 4.79 Å². The van der Waals surface area contributed by atoms with Gasteiger partial charge < -0.3 is 9.47 Å². The summed E-state index contributed by atoms with van der Waals surface area (Å²) < 4.78 is 10.9. The molecule has 4 heteroatoms. The van der Waals surface area contributed by atoms with Gasteiger partial charge in [-0.25, -0.2) is 4.79 Å². The zero-order valence-electron chi connectivity index (χ0n) is 17.6. The fraction of sp³-hybridized carbons (Fsp3) is 0.0741. The quantitative estimate of drug-likeness (QED) is 0.396. The molecule has 0 aliphatic carbocycles. The van der Waals surface area contributed by atoms with Gasteiger partial charge in [0.2, 0.25) is 0 Å². The molecule has 0 aliphatic rings. The molecule has 0 bridgehead atoms. The van der Waals surface area contributed by atoms with E-state index < -0.39 is 7.26 Å². The Morgan fingerprint density at radius 3 is 1.39 bits per heavy atom. The van der Waals surface area contributed by atoms with E-state index in [0.29, 0.717) is 17.1 Å². The van der Waals surface area contributed by atoms with E-state index >= 15 is 0 Å². The van der Waals surface area contributed by atoms with Crippen LogP contribution in [0.4, 0.5) is 0 Å². The van der Waals surface area contributed by atoms with Gasteiger partial charge in [-0.1, -0.05) is 54.6 Å². The first-order chi connectivity index (χ1) is 15.2. The van der Waals surface area contributed by atoms with Crippen LogP contribution in [-0.2, 0) is 0 Å². The topological polar surface area (TPSA) is 35.5 Å². The average Bonchev–Trinajstić information content (AvgIpc) is 2.86. The minimum atomic E-state index is -2.66. The lowest BCUT2D eigenvalue weighted by Crippen LogP contribution is -2.36. The Balaban J connectivity index is 2.04. The lowest BCUT2D eigenvalue weighted by molar-refractivity contribution is 0.108. The van der Waals surface area contributed by atoms with Gasteiger partial charge >= 0.3 is 5.52 Å². The highest BCUT2D eigenvalue weighted by Crippen LogP contribution is 2.58. The van der Waals surface area contributed by atoms with E-state index in [1.54, 1.807) is 26.4 Å². The molecule has 0 N–H and O–H groups in total. The maximum Gasteiger partial charge on any atom is 0.313 e. The molecule has 0 heterocycles. The number of benzene rings is 4. The molecule has 0 amide bonds. The molecule has 3 nitrogen and oxygen atoms in total. The van der Waals surface area contributed by atoms with E-state index in [0.717, 1.165) is 15.9 Å². The molecule has 154 valence electrons. The summed E-state index contributed by atoms with van der Waals surface area (Å²) in [6.45, 7) is 0. The predicted molar refractivity (Wildman–Crippen MR) is 129 cm³/mol. The van der Waals surface area contributed by atoms with Gasteiger partial charge in [-0.05, 0) is 54.6 Å². The Hall–Kier alpha value is -3.42. The van der Waals surface area contributed by atoms with Crippen molar-refractivity contribution in [2.24, 2.45) is 0 Å². The molecule has 0 aliphatic heterocycles. The summed E-state index contributed by atoms with van der Waals surface area (Å²) in [6, 6.07) is 35.7. The van der Waals surface area contributed by atoms with Crippen LogP contribution in [0.1, 0.15) is 10.4 Å². The average molecular weight is 427 g/mol. The molecule has 4 aromatic rings. The second-order valence-electron chi connectivity index (χ2n) is 7.05. The first-order valence-corrected chi connectivity index (χ1v) is 11.8. The van der Waals surface area contributed by atoms with Crippen LogP contribution >= 0.6 is 7.26 Å². The van der Waals surface area contributed by atoms with Crippen molar-refractivity contribution in [3.63, 3.8) is 0 Å². The van der Waals surface area contributed by atoms with E-state index in [1.165, 1.54) is 0 Å². The number of carbonyl (C=O) groups excluding carboxylic acids is 1. The molecule has 0 saturated carbocycles. The van der Waals surface area contributed by atoms with Gasteiger partial charge in [0.15, 0.2) is 18.8 Å². The first kappa shape index (κ1) is 20.8. The van der Waals surface area contributed by atoms with Crippen LogP contribution in [0, 0.1) is 0 Å². The maximum atomic E-state index is 14.5. The highest BCUT2D eigenvalue weighted by atomic mass is 31.2. The summed E-state index contributed by atoms with van der Waals surface area (Å²) in [5.74, 6) is 1.14. The monoisotopic (exact) mass is 427 g/mol. The number of carbonyl (C=O) groups is 1. The van der Waals surface area contributed by atoms with Crippen LogP contribution in [0.25, 0.3) is 0 Å². The van der Waals surface area contributed by atoms with Crippen LogP contribution in [0.15, 0.2) is 109 Å². The van der Waals surface area contributed by atoms with Gasteiger partial charge in [-0.15, -0.1) is 0 Å². The largest absolute Gasteiger partial charge is 0.493 e. The highest BCUT2D eigenvalue weighted by Gasteiger charge is 2.53. The number of methoxy groups -OCH3 is 2. The summed E-state index contributed by atoms with van der Waals surface area (Å²) >= 11 is 0. The van der Waals surface area contributed by atoms with E-state index in [1.807, 2.05) is 60.7 Å². The molecule has 0 aromatic heterocycles. The third-order valence-electron chi connectivity index (χ3n) is 5.37. The van der Waals surface area contributed by atoms with Crippen molar-refractivity contribution >= 4 is 28.7 Å². The summed E-state index contributed by atoms with van der Waals surface area (Å²) in [5, 5.41) is 3.06. The first-order valence-electron chi connectivity index (χ1n) is 10.0. The Morgan fingerprint density at radius 2 is 1.00 bits per heavy atom. The molecule has 0 spiro atoms. The minimum Gasteiger partial charge on any atom is -0.493 e. The van der Waals surface area contributed by atoms with Crippen LogP contribution in [0.3, 0.4) is 0 Å². The molecular weight excluding hydrogens is 403 g/mol. The van der Waals surface area contributed by atoms with Crippen molar-refractivity contribution < 1.29 is 14.3 Å². The van der Waals surface area contributed by atoms with Gasteiger partial charge in [0, 0.05) is 0 Å². The lowest BCUT2D eigenvalue weighted by Gasteiger charge is -2.25. The van der Waals surface area contributed by atoms with Crippen molar-refractivity contribution in [1.29, 1.82) is 0 Å². The second-order valence-corrected chi connectivity index (χ2v) is 10.3. The van der Waals surface area contributed by atoms with Crippen LogP contribution in [0.5, 0.6) is 11.5 Å². The van der Waals surface area contributed by atoms with Crippen molar-refractivity contribution in [3.05, 3.63) is 115 Å². The van der Waals surface area contributed by atoms with Gasteiger partial charge in [-0.3, -0.25) is 0 Å². The van der Waals surface area contributed by atoms with Gasteiger partial charge in [-0.2, -0.15) is 0 Å². The van der Waals surface area contributed by atoms with Crippen molar-refractivity contribution in [2.75, 3.05) is 14.2 Å². The van der Waals surface area contributed by atoms with Crippen LogP contribution < -0.4 is 25.4 Å². The third-order valence-corrected chi connectivity index (χ3v) is 9.45. The van der Waals surface area contributed by atoms with Gasteiger partial charge in [0.05, 0.1) is 19.8 Å². The molecule has 4 rings (SSSR count). The molecule has 4 aromatic carbocycles. The minimum absolute atomic E-state index is 0.0806. The SMILES string of the molecule is COc1ccc(C(=O)[P+](c2ccccc2)(c2ccccc2)c2ccccc2)cc1OC. The summed E-state index contributed by atoms with van der Waals surface area (Å²) in [5.41, 5.74) is 0.680. The van der Waals surface area contributed by atoms with Crippen LogP contribution in [-0.4, -0.2) is 19.7 Å². The van der Waals surface area contributed by atoms with Gasteiger partial charge in [0.25, 0.3) is 0 Å². The summed E-state index contributed by atoms with van der Waals surface area (Å²) in [6.07, 6.45) is 0. The number of hydrogen-bond acceptors (Lipinski definition) is 3. The Bertz CT molecular complexity index is 1060. The lowest BCUT2D eigenvalue weighted by atomic mass is 10.2. The fourth-order valence-electron chi connectivity index (χ4n) is 3.92. The Morgan fingerprint density at radius 1 is 0.581 bits per heavy atom. The maximum absolute atomic E-state index is 14.5. The zero-order chi connectivity index (χ0) is 21.7. The fourth-order valence-corrected chi connectivity index (χ4v) is 7.90. The molecule has 0 saturated heterocycles. The Kier molecular flexibility index (Phi) is 6.16. The predicted octanol–water partition coefficient (Wildman–Crippen LogP) is 4.84.